The van der Waals surface area contributed by atoms with Crippen molar-refractivity contribution in [3.05, 3.63) is 53.5 Å². The Morgan fingerprint density at radius 1 is 1.25 bits per heavy atom. The van der Waals surface area contributed by atoms with Gasteiger partial charge in [0, 0.05) is 12.7 Å². The Hall–Kier alpha value is -2.43. The number of nitrogen functional groups attached to an aromatic ring is 1. The van der Waals surface area contributed by atoms with Gasteiger partial charge in [0.25, 0.3) is 0 Å². The Labute approximate surface area is 116 Å². The minimum Gasteiger partial charge on any atom is -0.369 e. The van der Waals surface area contributed by atoms with Crippen LogP contribution < -0.4 is 5.73 Å². The summed E-state index contributed by atoms with van der Waals surface area (Å²) >= 11 is 0. The molecule has 0 radical (unpaired) electrons. The molecule has 3 aromatic rings. The largest absolute Gasteiger partial charge is 0.369 e. The average Bonchev–Trinajstić information content (AvgIpc) is 2.76. The molecule has 1 aromatic carbocycles. The maximum absolute atomic E-state index is 13.6. The van der Waals surface area contributed by atoms with Gasteiger partial charge in [-0.2, -0.15) is 0 Å². The molecule has 0 bridgehead atoms. The summed E-state index contributed by atoms with van der Waals surface area (Å²) in [6.45, 7) is 2.53. The summed E-state index contributed by atoms with van der Waals surface area (Å²) in [6.07, 6.45) is 2.29. The number of nitrogens with two attached hydrogens (primary N) is 1. The summed E-state index contributed by atoms with van der Waals surface area (Å²) < 4.78 is 15.5. The van der Waals surface area contributed by atoms with Gasteiger partial charge in [-0.25, -0.2) is 14.4 Å². The molecule has 2 heterocycles. The van der Waals surface area contributed by atoms with Crippen LogP contribution in [0.2, 0.25) is 0 Å². The lowest BCUT2D eigenvalue weighted by atomic mass is 10.1. The standard InChI is InChI=1S/C15H15FN4/c1-10-6-8-18-14-13(10)19-15(17)20(14)9-7-11-4-2-3-5-12(11)16/h2-6,8H,7,9H2,1H3,(H2,17,19). The van der Waals surface area contributed by atoms with Gasteiger partial charge < -0.3 is 5.73 Å². The molecule has 0 saturated carbocycles. The van der Waals surface area contributed by atoms with Crippen molar-refractivity contribution in [1.29, 1.82) is 0 Å². The molecular weight excluding hydrogens is 255 g/mol. The van der Waals surface area contributed by atoms with Crippen LogP contribution in [-0.4, -0.2) is 14.5 Å². The van der Waals surface area contributed by atoms with Crippen molar-refractivity contribution in [2.24, 2.45) is 0 Å². The zero-order valence-corrected chi connectivity index (χ0v) is 11.2. The monoisotopic (exact) mass is 270 g/mol. The molecule has 2 aromatic heterocycles. The van der Waals surface area contributed by atoms with Crippen LogP contribution in [0, 0.1) is 12.7 Å². The number of halogens is 1. The quantitative estimate of drug-likeness (QED) is 0.796. The number of pyridine rings is 1. The number of anilines is 1. The van der Waals surface area contributed by atoms with Gasteiger partial charge >= 0.3 is 0 Å². The second kappa shape index (κ2) is 4.92. The van der Waals surface area contributed by atoms with E-state index in [1.807, 2.05) is 23.6 Å². The Morgan fingerprint density at radius 3 is 2.85 bits per heavy atom. The smallest absolute Gasteiger partial charge is 0.202 e. The molecule has 0 spiro atoms. The number of benzene rings is 1. The Bertz CT molecular complexity index is 764. The van der Waals surface area contributed by atoms with Crippen LogP contribution in [0.3, 0.4) is 0 Å². The van der Waals surface area contributed by atoms with E-state index < -0.39 is 0 Å². The number of imidazole rings is 1. The number of hydrogen-bond acceptors (Lipinski definition) is 3. The van der Waals surface area contributed by atoms with Crippen LogP contribution in [0.1, 0.15) is 11.1 Å². The molecule has 0 atom stereocenters. The molecule has 0 aliphatic rings. The van der Waals surface area contributed by atoms with E-state index in [-0.39, 0.29) is 5.82 Å². The van der Waals surface area contributed by atoms with Crippen LogP contribution in [0.15, 0.2) is 36.5 Å². The first-order chi connectivity index (χ1) is 9.66. The highest BCUT2D eigenvalue weighted by molar-refractivity contribution is 5.77. The van der Waals surface area contributed by atoms with Gasteiger partial charge in [-0.05, 0) is 36.6 Å². The van der Waals surface area contributed by atoms with Crippen molar-refractivity contribution in [3.8, 4) is 0 Å². The molecule has 0 amide bonds. The third-order valence-corrected chi connectivity index (χ3v) is 3.43. The van der Waals surface area contributed by atoms with Crippen LogP contribution in [0.25, 0.3) is 11.2 Å². The van der Waals surface area contributed by atoms with Crippen molar-refractivity contribution in [2.75, 3.05) is 5.73 Å². The lowest BCUT2D eigenvalue weighted by Crippen LogP contribution is -2.07. The summed E-state index contributed by atoms with van der Waals surface area (Å²) in [4.78, 5) is 8.66. The SMILES string of the molecule is Cc1ccnc2c1nc(N)n2CCc1ccccc1F. The average molecular weight is 270 g/mol. The zero-order chi connectivity index (χ0) is 14.1. The Balaban J connectivity index is 1.94. The molecule has 0 saturated heterocycles. The molecule has 0 fully saturated rings. The number of aryl methyl sites for hydroxylation is 3. The maximum atomic E-state index is 13.6. The molecular formula is C15H15FN4. The van der Waals surface area contributed by atoms with Crippen molar-refractivity contribution in [3.63, 3.8) is 0 Å². The Kier molecular flexibility index (Phi) is 3.10. The predicted octanol–water partition coefficient (Wildman–Crippen LogP) is 2.70. The first-order valence-corrected chi connectivity index (χ1v) is 6.47. The summed E-state index contributed by atoms with van der Waals surface area (Å²) in [5, 5.41) is 0. The van der Waals surface area contributed by atoms with Gasteiger partial charge in [0.05, 0.1) is 0 Å². The molecule has 0 unspecified atom stereocenters. The van der Waals surface area contributed by atoms with Crippen molar-refractivity contribution < 1.29 is 4.39 Å². The van der Waals surface area contributed by atoms with E-state index >= 15 is 0 Å². The molecule has 0 aliphatic carbocycles. The lowest BCUT2D eigenvalue weighted by Gasteiger charge is -2.06. The number of nitrogens with zero attached hydrogens (tertiary/aromatic N) is 3. The highest BCUT2D eigenvalue weighted by Gasteiger charge is 2.11. The fraction of sp³-hybridized carbons (Fsp3) is 0.200. The highest BCUT2D eigenvalue weighted by Crippen LogP contribution is 2.19. The second-order valence-corrected chi connectivity index (χ2v) is 4.76. The zero-order valence-electron chi connectivity index (χ0n) is 11.2. The molecule has 5 heteroatoms. The van der Waals surface area contributed by atoms with Gasteiger partial charge in [-0.3, -0.25) is 4.57 Å². The van der Waals surface area contributed by atoms with Crippen molar-refractivity contribution in [1.82, 2.24) is 14.5 Å². The number of hydrogen-bond donors (Lipinski definition) is 1. The summed E-state index contributed by atoms with van der Waals surface area (Å²) in [5.41, 5.74) is 9.20. The first kappa shape index (κ1) is 12.6. The van der Waals surface area contributed by atoms with E-state index in [1.165, 1.54) is 6.07 Å². The second-order valence-electron chi connectivity index (χ2n) is 4.76. The van der Waals surface area contributed by atoms with E-state index in [0.717, 1.165) is 16.7 Å². The third kappa shape index (κ3) is 2.11. The van der Waals surface area contributed by atoms with E-state index in [4.69, 9.17) is 5.73 Å². The topological polar surface area (TPSA) is 56.7 Å². The molecule has 20 heavy (non-hydrogen) atoms. The first-order valence-electron chi connectivity index (χ1n) is 6.47. The lowest BCUT2D eigenvalue weighted by molar-refractivity contribution is 0.596. The van der Waals surface area contributed by atoms with E-state index in [9.17, 15) is 4.39 Å². The van der Waals surface area contributed by atoms with Crippen molar-refractivity contribution >= 4 is 17.1 Å². The van der Waals surface area contributed by atoms with Crippen molar-refractivity contribution in [2.45, 2.75) is 19.9 Å². The molecule has 4 nitrogen and oxygen atoms in total. The van der Waals surface area contributed by atoms with Crippen LogP contribution in [0.4, 0.5) is 10.3 Å². The molecule has 102 valence electrons. The van der Waals surface area contributed by atoms with Gasteiger partial charge in [0.2, 0.25) is 5.95 Å². The van der Waals surface area contributed by atoms with Crippen LogP contribution in [0.5, 0.6) is 0 Å². The number of aromatic nitrogens is 3. The predicted molar refractivity (Wildman–Crippen MR) is 76.8 cm³/mol. The highest BCUT2D eigenvalue weighted by atomic mass is 19.1. The van der Waals surface area contributed by atoms with Gasteiger partial charge in [0.15, 0.2) is 5.65 Å². The van der Waals surface area contributed by atoms with Crippen LogP contribution in [-0.2, 0) is 13.0 Å². The molecule has 0 aliphatic heterocycles. The van der Waals surface area contributed by atoms with E-state index in [2.05, 4.69) is 9.97 Å². The normalized spacial score (nSPS) is 11.1. The number of rotatable bonds is 3. The van der Waals surface area contributed by atoms with Crippen LogP contribution >= 0.6 is 0 Å². The summed E-state index contributed by atoms with van der Waals surface area (Å²) in [5.74, 6) is 0.220. The fourth-order valence-corrected chi connectivity index (χ4v) is 2.31. The van der Waals surface area contributed by atoms with Gasteiger partial charge in [-0.15, -0.1) is 0 Å². The molecule has 2 N–H and O–H groups in total. The minimum atomic E-state index is -0.195. The third-order valence-electron chi connectivity index (χ3n) is 3.43. The molecule has 3 rings (SSSR count). The van der Waals surface area contributed by atoms with E-state index in [1.54, 1.807) is 18.3 Å². The van der Waals surface area contributed by atoms with Gasteiger partial charge in [0.1, 0.15) is 11.3 Å². The maximum Gasteiger partial charge on any atom is 0.202 e. The number of fused-ring (bicyclic) bond motifs is 1. The minimum absolute atomic E-state index is 0.195. The van der Waals surface area contributed by atoms with Gasteiger partial charge in [-0.1, -0.05) is 18.2 Å². The summed E-state index contributed by atoms with van der Waals surface area (Å²) in [6, 6.07) is 8.66. The fourth-order valence-electron chi connectivity index (χ4n) is 2.31. The Morgan fingerprint density at radius 2 is 2.05 bits per heavy atom. The van der Waals surface area contributed by atoms with E-state index in [0.29, 0.717) is 24.5 Å². The summed E-state index contributed by atoms with van der Waals surface area (Å²) in [7, 11) is 0.